The molecule has 1 unspecified atom stereocenters. The van der Waals surface area contributed by atoms with E-state index in [0.717, 1.165) is 41.9 Å². The Morgan fingerprint density at radius 2 is 2.07 bits per heavy atom. The fourth-order valence-electron chi connectivity index (χ4n) is 3.92. The molecule has 0 saturated heterocycles. The number of aromatic nitrogens is 3. The van der Waals surface area contributed by atoms with Crippen molar-refractivity contribution in [1.82, 2.24) is 14.8 Å². The number of carbonyl (C=O) groups is 1. The molecule has 0 aliphatic heterocycles. The van der Waals surface area contributed by atoms with Gasteiger partial charge in [0.25, 0.3) is 5.91 Å². The third kappa shape index (κ3) is 4.10. The molecule has 146 valence electrons. The fourth-order valence-corrected chi connectivity index (χ4v) is 4.74. The highest BCUT2D eigenvalue weighted by Gasteiger charge is 2.23. The van der Waals surface area contributed by atoms with Crippen molar-refractivity contribution in [3.8, 4) is 6.07 Å². The highest BCUT2D eigenvalue weighted by atomic mass is 32.2. The quantitative estimate of drug-likeness (QED) is 0.602. The van der Waals surface area contributed by atoms with Crippen molar-refractivity contribution in [3.05, 3.63) is 76.2 Å². The SMILES string of the molecule is Cc1cc(C)n(C(=O)CSc2nc3c(cc2C#N)CC(c2ccccc2)CC3)n1. The van der Waals surface area contributed by atoms with E-state index >= 15 is 0 Å². The number of hydrogen-bond donors (Lipinski definition) is 0. The summed E-state index contributed by atoms with van der Waals surface area (Å²) in [4.78, 5) is 17.3. The van der Waals surface area contributed by atoms with Gasteiger partial charge in [-0.2, -0.15) is 10.4 Å². The van der Waals surface area contributed by atoms with E-state index < -0.39 is 0 Å². The van der Waals surface area contributed by atoms with Crippen molar-refractivity contribution in [1.29, 1.82) is 5.26 Å². The van der Waals surface area contributed by atoms with Crippen molar-refractivity contribution in [2.45, 2.75) is 44.1 Å². The van der Waals surface area contributed by atoms with E-state index in [1.54, 1.807) is 0 Å². The number of fused-ring (bicyclic) bond motifs is 1. The van der Waals surface area contributed by atoms with E-state index in [9.17, 15) is 10.1 Å². The van der Waals surface area contributed by atoms with Crippen molar-refractivity contribution < 1.29 is 4.79 Å². The minimum Gasteiger partial charge on any atom is -0.272 e. The number of carbonyl (C=O) groups excluding carboxylic acids is 1. The lowest BCUT2D eigenvalue weighted by Gasteiger charge is -2.25. The fraction of sp³-hybridized carbons (Fsp3) is 0.304. The van der Waals surface area contributed by atoms with Gasteiger partial charge >= 0.3 is 0 Å². The molecule has 5 nitrogen and oxygen atoms in total. The average Bonchev–Trinajstić information content (AvgIpc) is 3.09. The van der Waals surface area contributed by atoms with E-state index in [4.69, 9.17) is 4.98 Å². The maximum absolute atomic E-state index is 12.5. The summed E-state index contributed by atoms with van der Waals surface area (Å²) in [5, 5.41) is 14.5. The number of nitrogens with zero attached hydrogens (tertiary/aromatic N) is 4. The summed E-state index contributed by atoms with van der Waals surface area (Å²) >= 11 is 1.32. The molecule has 0 fully saturated rings. The summed E-state index contributed by atoms with van der Waals surface area (Å²) < 4.78 is 1.43. The number of thioether (sulfide) groups is 1. The van der Waals surface area contributed by atoms with Crippen LogP contribution in [0.15, 0.2) is 47.5 Å². The summed E-state index contributed by atoms with van der Waals surface area (Å²) in [7, 11) is 0. The zero-order valence-electron chi connectivity index (χ0n) is 16.6. The predicted molar refractivity (Wildman–Crippen MR) is 113 cm³/mol. The number of nitriles is 1. The maximum Gasteiger partial charge on any atom is 0.257 e. The van der Waals surface area contributed by atoms with Crippen LogP contribution >= 0.6 is 11.8 Å². The molecule has 0 saturated carbocycles. The second-order valence-electron chi connectivity index (χ2n) is 7.43. The summed E-state index contributed by atoms with van der Waals surface area (Å²) in [6.07, 6.45) is 2.83. The van der Waals surface area contributed by atoms with E-state index in [2.05, 4.69) is 35.4 Å². The van der Waals surface area contributed by atoms with E-state index in [-0.39, 0.29) is 11.7 Å². The lowest BCUT2D eigenvalue weighted by molar-refractivity contribution is 0.0924. The Kier molecular flexibility index (Phi) is 5.50. The van der Waals surface area contributed by atoms with Crippen LogP contribution in [0.1, 0.15) is 50.9 Å². The zero-order valence-corrected chi connectivity index (χ0v) is 17.4. The first-order chi connectivity index (χ1) is 14.0. The Balaban J connectivity index is 1.52. The number of pyridine rings is 1. The van der Waals surface area contributed by atoms with Crippen LogP contribution < -0.4 is 0 Å². The minimum absolute atomic E-state index is 0.104. The first kappa shape index (κ1) is 19.4. The molecule has 29 heavy (non-hydrogen) atoms. The number of hydrogen-bond acceptors (Lipinski definition) is 5. The Morgan fingerprint density at radius 1 is 1.28 bits per heavy atom. The predicted octanol–water partition coefficient (Wildman–Crippen LogP) is 4.47. The van der Waals surface area contributed by atoms with Gasteiger partial charge in [0.05, 0.1) is 17.0 Å². The van der Waals surface area contributed by atoms with Gasteiger partial charge in [0.1, 0.15) is 11.1 Å². The van der Waals surface area contributed by atoms with Gasteiger partial charge in [-0.1, -0.05) is 42.1 Å². The first-order valence-electron chi connectivity index (χ1n) is 9.72. The molecule has 0 radical (unpaired) electrons. The second-order valence-corrected chi connectivity index (χ2v) is 8.39. The lowest BCUT2D eigenvalue weighted by Crippen LogP contribution is -2.17. The monoisotopic (exact) mass is 402 g/mol. The molecule has 0 bridgehead atoms. The highest BCUT2D eigenvalue weighted by molar-refractivity contribution is 8.00. The molecule has 0 N–H and O–H groups in total. The van der Waals surface area contributed by atoms with Gasteiger partial charge in [0.15, 0.2) is 0 Å². The van der Waals surface area contributed by atoms with Gasteiger partial charge in [0.2, 0.25) is 0 Å². The van der Waals surface area contributed by atoms with Crippen molar-refractivity contribution in [2.24, 2.45) is 0 Å². The molecular formula is C23H22N4OS. The molecule has 4 rings (SSSR count). The largest absolute Gasteiger partial charge is 0.272 e. The van der Waals surface area contributed by atoms with E-state index in [0.29, 0.717) is 16.5 Å². The van der Waals surface area contributed by atoms with Gasteiger partial charge in [-0.25, -0.2) is 9.67 Å². The second kappa shape index (κ2) is 8.22. The Labute approximate surface area is 174 Å². The normalized spacial score (nSPS) is 15.6. The lowest BCUT2D eigenvalue weighted by atomic mass is 9.82. The molecule has 1 aromatic carbocycles. The van der Waals surface area contributed by atoms with Crippen molar-refractivity contribution in [2.75, 3.05) is 5.75 Å². The van der Waals surface area contributed by atoms with Crippen molar-refractivity contribution >= 4 is 17.7 Å². The molecule has 1 aliphatic carbocycles. The zero-order chi connectivity index (χ0) is 20.4. The van der Waals surface area contributed by atoms with Crippen LogP contribution in [0.4, 0.5) is 0 Å². The number of benzene rings is 1. The third-order valence-corrected chi connectivity index (χ3v) is 6.30. The standard InChI is InChI=1S/C23H22N4OS/c1-15-10-16(2)27(26-15)22(28)14-29-23-20(13-24)12-19-11-18(8-9-21(19)25-23)17-6-4-3-5-7-17/h3-7,10,12,18H,8-9,11,14H2,1-2H3. The van der Waals surface area contributed by atoms with Crippen LogP contribution in [0.3, 0.4) is 0 Å². The Hall–Kier alpha value is -2.91. The smallest absolute Gasteiger partial charge is 0.257 e. The Bertz CT molecular complexity index is 1100. The first-order valence-corrected chi connectivity index (χ1v) is 10.7. The Morgan fingerprint density at radius 3 is 2.76 bits per heavy atom. The molecule has 3 aromatic rings. The average molecular weight is 403 g/mol. The van der Waals surface area contributed by atoms with Crippen LogP contribution in [0.5, 0.6) is 0 Å². The molecule has 6 heteroatoms. The minimum atomic E-state index is -0.104. The molecule has 2 heterocycles. The third-order valence-electron chi connectivity index (χ3n) is 5.32. The topological polar surface area (TPSA) is 71.6 Å². The van der Waals surface area contributed by atoms with Crippen LogP contribution in [0.2, 0.25) is 0 Å². The highest BCUT2D eigenvalue weighted by Crippen LogP contribution is 2.34. The molecule has 0 amide bonds. The van der Waals surface area contributed by atoms with Gasteiger partial charge in [0, 0.05) is 11.4 Å². The molecular weight excluding hydrogens is 380 g/mol. The summed E-state index contributed by atoms with van der Waals surface area (Å²) in [6.45, 7) is 3.73. The van der Waals surface area contributed by atoms with Gasteiger partial charge < -0.3 is 0 Å². The molecule has 0 spiro atoms. The van der Waals surface area contributed by atoms with Gasteiger partial charge in [-0.15, -0.1) is 0 Å². The summed E-state index contributed by atoms with van der Waals surface area (Å²) in [5.74, 6) is 0.561. The van der Waals surface area contributed by atoms with Crippen LogP contribution in [0, 0.1) is 25.2 Å². The van der Waals surface area contributed by atoms with E-state index in [1.165, 1.54) is 22.0 Å². The van der Waals surface area contributed by atoms with Crippen molar-refractivity contribution in [3.63, 3.8) is 0 Å². The number of aryl methyl sites for hydroxylation is 3. The van der Waals surface area contributed by atoms with Crippen LogP contribution in [0.25, 0.3) is 0 Å². The van der Waals surface area contributed by atoms with Gasteiger partial charge in [-0.3, -0.25) is 4.79 Å². The summed E-state index contributed by atoms with van der Waals surface area (Å²) in [5.41, 5.74) is 5.72. The molecule has 1 atom stereocenters. The van der Waals surface area contributed by atoms with E-state index in [1.807, 2.05) is 32.0 Å². The molecule has 2 aromatic heterocycles. The van der Waals surface area contributed by atoms with Crippen LogP contribution in [-0.2, 0) is 12.8 Å². The summed E-state index contributed by atoms with van der Waals surface area (Å²) in [6, 6.07) is 16.6. The molecule has 1 aliphatic rings. The van der Waals surface area contributed by atoms with Gasteiger partial charge in [-0.05, 0) is 62.3 Å². The van der Waals surface area contributed by atoms with Crippen LogP contribution in [-0.4, -0.2) is 26.4 Å². The number of rotatable bonds is 4. The maximum atomic E-state index is 12.5.